The van der Waals surface area contributed by atoms with E-state index in [0.29, 0.717) is 31.0 Å². The van der Waals surface area contributed by atoms with E-state index in [-0.39, 0.29) is 17.8 Å². The van der Waals surface area contributed by atoms with Gasteiger partial charge >= 0.3 is 0 Å². The smallest absolute Gasteiger partial charge is 0.237 e. The number of carbonyl (C=O) groups is 1. The molecule has 0 radical (unpaired) electrons. The summed E-state index contributed by atoms with van der Waals surface area (Å²) < 4.78 is 18.5. The predicted molar refractivity (Wildman–Crippen MR) is 87.2 cm³/mol. The Morgan fingerprint density at radius 2 is 1.79 bits per heavy atom. The van der Waals surface area contributed by atoms with Crippen LogP contribution in [0.3, 0.4) is 0 Å². The number of hydrogen-bond acceptors (Lipinski definition) is 4. The maximum atomic E-state index is 12.9. The second-order valence-electron chi connectivity index (χ2n) is 5.77. The van der Waals surface area contributed by atoms with E-state index in [2.05, 4.69) is 10.6 Å². The Hall–Kier alpha value is -2.44. The molecule has 3 rings (SSSR count). The van der Waals surface area contributed by atoms with Gasteiger partial charge in [0, 0.05) is 13.1 Å². The minimum atomic E-state index is -0.455. The molecule has 0 aromatic heterocycles. The maximum Gasteiger partial charge on any atom is 0.237 e. The van der Waals surface area contributed by atoms with Gasteiger partial charge < -0.3 is 20.5 Å². The van der Waals surface area contributed by atoms with Gasteiger partial charge in [0.2, 0.25) is 5.91 Å². The van der Waals surface area contributed by atoms with E-state index in [1.807, 2.05) is 12.1 Å². The van der Waals surface area contributed by atoms with Crippen LogP contribution in [0.15, 0.2) is 48.5 Å². The van der Waals surface area contributed by atoms with Crippen molar-refractivity contribution in [2.75, 3.05) is 6.54 Å². The summed E-state index contributed by atoms with van der Waals surface area (Å²) in [5.74, 6) is 0.775. The third kappa shape index (κ3) is 4.31. The number of carbonyl (C=O) groups excluding carboxylic acids is 1. The first-order valence-electron chi connectivity index (χ1n) is 7.82. The van der Waals surface area contributed by atoms with Crippen molar-refractivity contribution in [1.82, 2.24) is 10.6 Å². The quantitative estimate of drug-likeness (QED) is 0.784. The van der Waals surface area contributed by atoms with Crippen LogP contribution in [0.1, 0.15) is 12.0 Å². The molecule has 2 atom stereocenters. The molecule has 1 aliphatic rings. The van der Waals surface area contributed by atoms with Crippen LogP contribution in [0.5, 0.6) is 11.5 Å². The summed E-state index contributed by atoms with van der Waals surface area (Å²) in [5, 5.41) is 15.2. The minimum absolute atomic E-state index is 0.113. The summed E-state index contributed by atoms with van der Waals surface area (Å²) in [6, 6.07) is 12.8. The molecular weight excluding hydrogens is 311 g/mol. The number of nitrogens with one attached hydrogen (secondary N) is 2. The zero-order chi connectivity index (χ0) is 16.9. The monoisotopic (exact) mass is 330 g/mol. The summed E-state index contributed by atoms with van der Waals surface area (Å²) in [4.78, 5) is 12.0. The maximum absolute atomic E-state index is 12.9. The first-order valence-corrected chi connectivity index (χ1v) is 7.82. The zero-order valence-electron chi connectivity index (χ0n) is 13.0. The highest BCUT2D eigenvalue weighted by Gasteiger charge is 2.27. The molecule has 0 unspecified atom stereocenters. The van der Waals surface area contributed by atoms with Crippen molar-refractivity contribution in [3.05, 3.63) is 59.9 Å². The average molecular weight is 330 g/mol. The van der Waals surface area contributed by atoms with Gasteiger partial charge in [0.1, 0.15) is 17.3 Å². The molecule has 6 heteroatoms. The Balaban J connectivity index is 1.51. The van der Waals surface area contributed by atoms with Gasteiger partial charge in [0.15, 0.2) is 0 Å². The summed E-state index contributed by atoms with van der Waals surface area (Å²) >= 11 is 0. The minimum Gasteiger partial charge on any atom is -0.457 e. The van der Waals surface area contributed by atoms with Crippen molar-refractivity contribution in [2.45, 2.75) is 25.1 Å². The molecule has 0 bridgehead atoms. The molecular formula is C18H19FN2O3. The topological polar surface area (TPSA) is 70.6 Å². The van der Waals surface area contributed by atoms with Crippen LogP contribution in [0, 0.1) is 5.82 Å². The molecule has 126 valence electrons. The van der Waals surface area contributed by atoms with E-state index in [0.717, 1.165) is 5.56 Å². The molecule has 24 heavy (non-hydrogen) atoms. The number of halogens is 1. The first kappa shape index (κ1) is 16.4. The third-order valence-corrected chi connectivity index (χ3v) is 3.86. The molecule has 0 spiro atoms. The number of benzene rings is 2. The molecule has 2 aromatic rings. The van der Waals surface area contributed by atoms with Gasteiger partial charge in [-0.3, -0.25) is 4.79 Å². The molecule has 1 saturated heterocycles. The molecule has 5 nitrogen and oxygen atoms in total. The van der Waals surface area contributed by atoms with Crippen LogP contribution >= 0.6 is 0 Å². The lowest BCUT2D eigenvalue weighted by Crippen LogP contribution is -2.39. The SMILES string of the molecule is O=C(NCc1ccc(Oc2ccc(F)cc2)cc1)[C@H]1C[C@@H](O)CN1. The lowest BCUT2D eigenvalue weighted by Gasteiger charge is -2.11. The van der Waals surface area contributed by atoms with Crippen molar-refractivity contribution in [3.8, 4) is 11.5 Å². The van der Waals surface area contributed by atoms with Crippen molar-refractivity contribution >= 4 is 5.91 Å². The molecule has 1 aliphatic heterocycles. The van der Waals surface area contributed by atoms with Gasteiger partial charge in [-0.05, 0) is 48.4 Å². The van der Waals surface area contributed by atoms with E-state index >= 15 is 0 Å². The Bertz CT molecular complexity index is 688. The van der Waals surface area contributed by atoms with Gasteiger partial charge in [-0.2, -0.15) is 0 Å². The molecule has 0 aliphatic carbocycles. The molecule has 1 fully saturated rings. The largest absolute Gasteiger partial charge is 0.457 e. The van der Waals surface area contributed by atoms with Crippen LogP contribution < -0.4 is 15.4 Å². The fourth-order valence-electron chi connectivity index (χ4n) is 2.54. The summed E-state index contributed by atoms with van der Waals surface area (Å²) in [6.07, 6.45) is -0.0142. The van der Waals surface area contributed by atoms with E-state index < -0.39 is 6.10 Å². The number of β-amino-alcohol motifs (C(OH)–C–C–N with tert-alkyl or cyclic N) is 1. The predicted octanol–water partition coefficient (Wildman–Crippen LogP) is 1.96. The first-order chi connectivity index (χ1) is 11.6. The molecule has 0 saturated carbocycles. The van der Waals surface area contributed by atoms with E-state index in [4.69, 9.17) is 4.74 Å². The summed E-state index contributed by atoms with van der Waals surface area (Å²) in [7, 11) is 0. The van der Waals surface area contributed by atoms with Crippen LogP contribution in [-0.4, -0.2) is 29.7 Å². The molecule has 1 heterocycles. The van der Waals surface area contributed by atoms with Gasteiger partial charge in [0.05, 0.1) is 12.1 Å². The average Bonchev–Trinajstić information content (AvgIpc) is 3.03. The molecule has 3 N–H and O–H groups in total. The van der Waals surface area contributed by atoms with Crippen LogP contribution in [0.4, 0.5) is 4.39 Å². The Morgan fingerprint density at radius 3 is 2.38 bits per heavy atom. The Morgan fingerprint density at radius 1 is 1.17 bits per heavy atom. The second-order valence-corrected chi connectivity index (χ2v) is 5.77. The van der Waals surface area contributed by atoms with Crippen LogP contribution in [0.25, 0.3) is 0 Å². The number of rotatable bonds is 5. The van der Waals surface area contributed by atoms with E-state index in [9.17, 15) is 14.3 Å². The summed E-state index contributed by atoms with van der Waals surface area (Å²) in [5.41, 5.74) is 0.938. The zero-order valence-corrected chi connectivity index (χ0v) is 13.0. The fraction of sp³-hybridized carbons (Fsp3) is 0.278. The van der Waals surface area contributed by atoms with Gasteiger partial charge in [-0.1, -0.05) is 12.1 Å². The summed E-state index contributed by atoms with van der Waals surface area (Å²) in [6.45, 7) is 0.859. The lowest BCUT2D eigenvalue weighted by molar-refractivity contribution is -0.123. The van der Waals surface area contributed by atoms with E-state index in [1.54, 1.807) is 24.3 Å². The number of amides is 1. The Kier molecular flexibility index (Phi) is 5.08. The highest BCUT2D eigenvalue weighted by Crippen LogP contribution is 2.21. The molecule has 2 aromatic carbocycles. The highest BCUT2D eigenvalue weighted by molar-refractivity contribution is 5.82. The fourth-order valence-corrected chi connectivity index (χ4v) is 2.54. The van der Waals surface area contributed by atoms with Crippen LogP contribution in [-0.2, 0) is 11.3 Å². The van der Waals surface area contributed by atoms with Gasteiger partial charge in [0.25, 0.3) is 0 Å². The van der Waals surface area contributed by atoms with Crippen molar-refractivity contribution < 1.29 is 19.0 Å². The number of aliphatic hydroxyl groups excluding tert-OH is 1. The Labute approximate surface area is 139 Å². The standard InChI is InChI=1S/C18H19FN2O3/c19-13-3-7-16(8-4-13)24-15-5-1-12(2-6-15)10-21-18(23)17-9-14(22)11-20-17/h1-8,14,17,20,22H,9-11H2,(H,21,23)/t14-,17-/m1/s1. The van der Waals surface area contributed by atoms with Crippen molar-refractivity contribution in [3.63, 3.8) is 0 Å². The van der Waals surface area contributed by atoms with E-state index in [1.165, 1.54) is 12.1 Å². The number of hydrogen-bond donors (Lipinski definition) is 3. The normalized spacial score (nSPS) is 19.9. The number of ether oxygens (including phenoxy) is 1. The highest BCUT2D eigenvalue weighted by atomic mass is 19.1. The van der Waals surface area contributed by atoms with Crippen molar-refractivity contribution in [1.29, 1.82) is 0 Å². The lowest BCUT2D eigenvalue weighted by atomic mass is 10.1. The van der Waals surface area contributed by atoms with Crippen LogP contribution in [0.2, 0.25) is 0 Å². The van der Waals surface area contributed by atoms with Crippen molar-refractivity contribution in [2.24, 2.45) is 0 Å². The number of aliphatic hydroxyl groups is 1. The molecule has 1 amide bonds. The second kappa shape index (κ2) is 7.42. The van der Waals surface area contributed by atoms with Gasteiger partial charge in [-0.15, -0.1) is 0 Å². The van der Waals surface area contributed by atoms with Gasteiger partial charge in [-0.25, -0.2) is 4.39 Å². The third-order valence-electron chi connectivity index (χ3n) is 3.86.